The number of amides is 1. The molecule has 0 atom stereocenters. The van der Waals surface area contributed by atoms with Crippen LogP contribution in [0.15, 0.2) is 48.5 Å². The van der Waals surface area contributed by atoms with E-state index < -0.39 is 0 Å². The highest BCUT2D eigenvalue weighted by molar-refractivity contribution is 6.23. The van der Waals surface area contributed by atoms with Gasteiger partial charge in [0.1, 0.15) is 5.82 Å². The highest BCUT2D eigenvalue weighted by atomic mass is 16.1. The highest BCUT2D eigenvalue weighted by Crippen LogP contribution is 2.20. The Hall–Kier alpha value is -3.39. The number of aromatic nitrogens is 2. The molecule has 0 spiro atoms. The molecule has 0 saturated carbocycles. The van der Waals surface area contributed by atoms with E-state index in [2.05, 4.69) is 35.2 Å². The second-order valence-electron chi connectivity index (χ2n) is 6.84. The van der Waals surface area contributed by atoms with Crippen molar-refractivity contribution in [2.45, 2.75) is 20.3 Å². The third kappa shape index (κ3) is 4.62. The van der Waals surface area contributed by atoms with Gasteiger partial charge in [-0.3, -0.25) is 4.79 Å². The predicted octanol–water partition coefficient (Wildman–Crippen LogP) is 4.14. The maximum Gasteiger partial charge on any atom is 0.255 e. The first-order chi connectivity index (χ1) is 13.1. The van der Waals surface area contributed by atoms with E-state index in [-0.39, 0.29) is 5.91 Å². The average molecular weight is 358 g/mol. The number of benzene rings is 2. The van der Waals surface area contributed by atoms with Gasteiger partial charge in [-0.05, 0) is 48.2 Å². The van der Waals surface area contributed by atoms with Crippen LogP contribution in [-0.2, 0) is 4.79 Å². The summed E-state index contributed by atoms with van der Waals surface area (Å²) in [4.78, 5) is 20.6. The van der Waals surface area contributed by atoms with Crippen LogP contribution in [0.2, 0.25) is 0 Å². The Bertz CT molecular complexity index is 991. The second kappa shape index (κ2) is 8.33. The van der Waals surface area contributed by atoms with Crippen LogP contribution >= 0.6 is 0 Å². The lowest BCUT2D eigenvalue weighted by atomic mass is 10.1. The van der Waals surface area contributed by atoms with Crippen LogP contribution in [0.25, 0.3) is 22.7 Å². The number of nitriles is 1. The predicted molar refractivity (Wildman–Crippen MR) is 108 cm³/mol. The van der Waals surface area contributed by atoms with Crippen molar-refractivity contribution < 1.29 is 4.79 Å². The van der Waals surface area contributed by atoms with Gasteiger partial charge in [0.05, 0.1) is 28.2 Å². The molecule has 5 nitrogen and oxygen atoms in total. The van der Waals surface area contributed by atoms with Crippen molar-refractivity contribution in [3.63, 3.8) is 0 Å². The number of nitrogens with one attached hydrogen (secondary N) is 2. The van der Waals surface area contributed by atoms with Gasteiger partial charge in [-0.1, -0.05) is 38.1 Å². The van der Waals surface area contributed by atoms with Gasteiger partial charge < -0.3 is 10.3 Å². The van der Waals surface area contributed by atoms with Gasteiger partial charge >= 0.3 is 0 Å². The molecule has 2 N–H and O–H groups in total. The number of carbonyl (C=O) groups excluding carboxylic acids is 1. The van der Waals surface area contributed by atoms with E-state index >= 15 is 0 Å². The maximum atomic E-state index is 12.9. The zero-order valence-electron chi connectivity index (χ0n) is 15.5. The molecule has 136 valence electrons. The molecule has 0 unspecified atom stereocenters. The average Bonchev–Trinajstić information content (AvgIpc) is 3.09. The fourth-order valence-corrected chi connectivity index (χ4v) is 2.76. The van der Waals surface area contributed by atoms with E-state index in [1.54, 1.807) is 24.3 Å². The van der Waals surface area contributed by atoms with Crippen LogP contribution in [-0.4, -0.2) is 22.4 Å². The monoisotopic (exact) mass is 358 g/mol. The molecule has 1 heterocycles. The zero-order chi connectivity index (χ0) is 19.2. The summed E-state index contributed by atoms with van der Waals surface area (Å²) >= 11 is 0. The summed E-state index contributed by atoms with van der Waals surface area (Å²) in [6, 6.07) is 16.9. The number of carbonyl (C=O) groups is 1. The van der Waals surface area contributed by atoms with Crippen LogP contribution < -0.4 is 5.32 Å². The molecule has 5 heteroatoms. The second-order valence-corrected chi connectivity index (χ2v) is 6.84. The maximum absolute atomic E-state index is 12.9. The van der Waals surface area contributed by atoms with Crippen LogP contribution in [0.1, 0.15) is 37.2 Å². The topological polar surface area (TPSA) is 81.6 Å². The first-order valence-electron chi connectivity index (χ1n) is 9.02. The summed E-state index contributed by atoms with van der Waals surface area (Å²) in [7, 11) is 0. The van der Waals surface area contributed by atoms with Gasteiger partial charge in [0.25, 0.3) is 5.91 Å². The molecule has 27 heavy (non-hydrogen) atoms. The summed E-state index contributed by atoms with van der Waals surface area (Å²) in [5.41, 5.74) is 3.46. The molecule has 0 fully saturated rings. The third-order valence-electron chi connectivity index (χ3n) is 4.22. The van der Waals surface area contributed by atoms with Crippen LogP contribution in [0.5, 0.6) is 0 Å². The van der Waals surface area contributed by atoms with Crippen molar-refractivity contribution in [3.8, 4) is 6.07 Å². The number of para-hydroxylation sites is 2. The summed E-state index contributed by atoms with van der Waals surface area (Å²) in [6.45, 7) is 4.84. The smallest absolute Gasteiger partial charge is 0.255 e. The number of fused-ring (bicyclic) bond motifs is 1. The van der Waals surface area contributed by atoms with Crippen LogP contribution in [0.4, 0.5) is 0 Å². The standard InChI is InChI=1S/C22H22N4O/c1-15(2)10-11-24-22(27)18(13-16-6-5-7-17(12-16)14-23)21-25-19-8-3-4-9-20(19)26-21/h3-9,12-13,15H,10-11H2,1-2H3,(H,24,27)(H,25,26)/b18-13+. The lowest BCUT2D eigenvalue weighted by Gasteiger charge is -2.09. The molecular formula is C22H22N4O. The van der Waals surface area contributed by atoms with Gasteiger partial charge in [0.2, 0.25) is 0 Å². The molecule has 3 rings (SSSR count). The van der Waals surface area contributed by atoms with Gasteiger partial charge in [-0.2, -0.15) is 5.26 Å². The van der Waals surface area contributed by atoms with Gasteiger partial charge in [-0.15, -0.1) is 0 Å². The lowest BCUT2D eigenvalue weighted by Crippen LogP contribution is -2.26. The summed E-state index contributed by atoms with van der Waals surface area (Å²) < 4.78 is 0. The molecule has 0 saturated heterocycles. The summed E-state index contributed by atoms with van der Waals surface area (Å²) in [5.74, 6) is 0.842. The molecule has 0 aliphatic heterocycles. The van der Waals surface area contributed by atoms with Crippen molar-refractivity contribution in [2.75, 3.05) is 6.54 Å². The number of hydrogen-bond acceptors (Lipinski definition) is 3. The summed E-state index contributed by atoms with van der Waals surface area (Å²) in [5, 5.41) is 12.1. The molecule has 1 amide bonds. The van der Waals surface area contributed by atoms with E-state index in [9.17, 15) is 4.79 Å². The van der Waals surface area contributed by atoms with Gasteiger partial charge in [-0.25, -0.2) is 4.98 Å². The number of hydrogen-bond donors (Lipinski definition) is 2. The Morgan fingerprint density at radius 1 is 1.26 bits per heavy atom. The number of aromatic amines is 1. The fourth-order valence-electron chi connectivity index (χ4n) is 2.76. The SMILES string of the molecule is CC(C)CCNC(=O)/C(=C/c1cccc(C#N)c1)c1nc2ccccc2[nH]1. The minimum absolute atomic E-state index is 0.183. The van der Waals surface area contributed by atoms with Crippen molar-refractivity contribution in [2.24, 2.45) is 5.92 Å². The minimum atomic E-state index is -0.183. The Balaban J connectivity index is 1.98. The largest absolute Gasteiger partial charge is 0.352 e. The first-order valence-corrected chi connectivity index (χ1v) is 9.02. The van der Waals surface area contributed by atoms with E-state index in [1.807, 2.05) is 30.3 Å². The molecule has 0 aliphatic carbocycles. The zero-order valence-corrected chi connectivity index (χ0v) is 15.5. The molecule has 0 bridgehead atoms. The van der Waals surface area contributed by atoms with Crippen molar-refractivity contribution in [1.29, 1.82) is 5.26 Å². The number of nitrogens with zero attached hydrogens (tertiary/aromatic N) is 2. The van der Waals surface area contributed by atoms with Crippen molar-refractivity contribution in [1.82, 2.24) is 15.3 Å². The molecule has 0 aliphatic rings. The van der Waals surface area contributed by atoms with E-state index in [1.165, 1.54) is 0 Å². The number of H-pyrrole nitrogens is 1. The molecule has 0 radical (unpaired) electrons. The van der Waals surface area contributed by atoms with Crippen molar-refractivity contribution in [3.05, 3.63) is 65.5 Å². The van der Waals surface area contributed by atoms with Crippen LogP contribution in [0.3, 0.4) is 0 Å². The summed E-state index contributed by atoms with van der Waals surface area (Å²) in [6.07, 6.45) is 2.67. The molecule has 1 aromatic heterocycles. The molecular weight excluding hydrogens is 336 g/mol. The number of rotatable bonds is 6. The van der Waals surface area contributed by atoms with Crippen LogP contribution in [0, 0.1) is 17.2 Å². The molecule has 2 aromatic carbocycles. The molecule has 3 aromatic rings. The Morgan fingerprint density at radius 2 is 2.07 bits per heavy atom. The van der Waals surface area contributed by atoms with E-state index in [0.717, 1.165) is 23.0 Å². The Labute approximate surface area is 158 Å². The number of imidazole rings is 1. The minimum Gasteiger partial charge on any atom is -0.352 e. The quantitative estimate of drug-likeness (QED) is 0.650. The Kier molecular flexibility index (Phi) is 5.68. The fraction of sp³-hybridized carbons (Fsp3) is 0.227. The lowest BCUT2D eigenvalue weighted by molar-refractivity contribution is -0.115. The third-order valence-corrected chi connectivity index (χ3v) is 4.22. The highest BCUT2D eigenvalue weighted by Gasteiger charge is 2.16. The van der Waals surface area contributed by atoms with Gasteiger partial charge in [0, 0.05) is 6.54 Å². The van der Waals surface area contributed by atoms with E-state index in [0.29, 0.717) is 29.4 Å². The Morgan fingerprint density at radius 3 is 2.81 bits per heavy atom. The van der Waals surface area contributed by atoms with Crippen molar-refractivity contribution >= 4 is 28.6 Å². The van der Waals surface area contributed by atoms with E-state index in [4.69, 9.17) is 5.26 Å². The van der Waals surface area contributed by atoms with Gasteiger partial charge in [0.15, 0.2) is 0 Å². The first kappa shape index (κ1) is 18.4. The normalized spacial score (nSPS) is 11.6.